The Hall–Kier alpha value is -1.14. The summed E-state index contributed by atoms with van der Waals surface area (Å²) in [4.78, 5) is 33.3. The van der Waals surface area contributed by atoms with E-state index in [0.717, 1.165) is 66.5 Å². The predicted molar refractivity (Wildman–Crippen MR) is 113 cm³/mol. The van der Waals surface area contributed by atoms with E-state index in [9.17, 15) is 9.59 Å². The van der Waals surface area contributed by atoms with Gasteiger partial charge in [0.05, 0.1) is 11.1 Å². The second-order valence-electron chi connectivity index (χ2n) is 9.71. The highest BCUT2D eigenvalue weighted by Gasteiger charge is 2.54. The number of nitrogens with zero attached hydrogens (tertiary/aromatic N) is 2. The summed E-state index contributed by atoms with van der Waals surface area (Å²) in [6, 6.07) is 0. The fourth-order valence-electron chi connectivity index (χ4n) is 6.97. The Morgan fingerprint density at radius 2 is 1.86 bits per heavy atom. The van der Waals surface area contributed by atoms with Crippen LogP contribution in [0.4, 0.5) is 0 Å². The Morgan fingerprint density at radius 3 is 2.54 bits per heavy atom. The third-order valence-corrected chi connectivity index (χ3v) is 10.1. The summed E-state index contributed by atoms with van der Waals surface area (Å²) in [5.41, 5.74) is 1.23. The van der Waals surface area contributed by atoms with Gasteiger partial charge in [-0.05, 0) is 81.1 Å². The van der Waals surface area contributed by atoms with E-state index in [4.69, 9.17) is 4.98 Å². The zero-order valence-corrected chi connectivity index (χ0v) is 18.0. The molecule has 0 saturated heterocycles. The maximum absolute atomic E-state index is 13.3. The molecule has 0 unspecified atom stereocenters. The standard InChI is InChI=1S/C22H26N2O2S2/c1-24-20(26)18-15-3-2-4-16(15)28-19(18)23-21(24)27-11-17(25)22-8-12-5-13(9-22)7-14(6-12)10-22/h12-14H,2-11H2,1H3. The summed E-state index contributed by atoms with van der Waals surface area (Å²) < 4.78 is 1.67. The van der Waals surface area contributed by atoms with E-state index in [1.54, 1.807) is 15.9 Å². The van der Waals surface area contributed by atoms with Crippen LogP contribution >= 0.6 is 23.1 Å². The SMILES string of the molecule is Cn1c(SCC(=O)C23CC4CC(CC(C4)C2)C3)nc2sc3c(c2c1=O)CCC3. The van der Waals surface area contributed by atoms with Crippen molar-refractivity contribution in [2.75, 3.05) is 5.75 Å². The maximum Gasteiger partial charge on any atom is 0.262 e. The summed E-state index contributed by atoms with van der Waals surface area (Å²) in [6.45, 7) is 0. The first-order chi connectivity index (χ1) is 13.5. The third kappa shape index (κ3) is 2.53. The number of carbonyl (C=O) groups is 1. The fraction of sp³-hybridized carbons (Fsp3) is 0.682. The number of aryl methyl sites for hydroxylation is 2. The molecular weight excluding hydrogens is 388 g/mol. The molecule has 2 heterocycles. The Morgan fingerprint density at radius 1 is 1.18 bits per heavy atom. The molecule has 28 heavy (non-hydrogen) atoms. The molecule has 0 N–H and O–H groups in total. The lowest BCUT2D eigenvalue weighted by molar-refractivity contribution is -0.141. The lowest BCUT2D eigenvalue weighted by atomic mass is 9.48. The minimum atomic E-state index is -0.0607. The number of ketones is 1. The van der Waals surface area contributed by atoms with Crippen molar-refractivity contribution in [2.45, 2.75) is 62.9 Å². The van der Waals surface area contributed by atoms with Crippen LogP contribution in [0, 0.1) is 23.2 Å². The second kappa shape index (κ2) is 6.18. The highest BCUT2D eigenvalue weighted by molar-refractivity contribution is 7.99. The summed E-state index contributed by atoms with van der Waals surface area (Å²) in [6.07, 6.45) is 10.6. The van der Waals surface area contributed by atoms with Gasteiger partial charge in [-0.25, -0.2) is 4.98 Å². The molecule has 2 aromatic heterocycles. The van der Waals surface area contributed by atoms with Crippen molar-refractivity contribution in [1.29, 1.82) is 0 Å². The minimum Gasteiger partial charge on any atom is -0.298 e. The van der Waals surface area contributed by atoms with Gasteiger partial charge >= 0.3 is 0 Å². The Balaban J connectivity index is 1.27. The Labute approximate surface area is 173 Å². The predicted octanol–water partition coefficient (Wildman–Crippen LogP) is 4.36. The number of thiophene rings is 1. The molecule has 4 saturated carbocycles. The smallest absolute Gasteiger partial charge is 0.262 e. The first-order valence-electron chi connectivity index (χ1n) is 10.7. The molecule has 4 nitrogen and oxygen atoms in total. The van der Waals surface area contributed by atoms with Crippen LogP contribution in [0.25, 0.3) is 10.2 Å². The van der Waals surface area contributed by atoms with Gasteiger partial charge in [0, 0.05) is 17.3 Å². The van der Waals surface area contributed by atoms with Gasteiger partial charge in [0.25, 0.3) is 5.56 Å². The van der Waals surface area contributed by atoms with Gasteiger partial charge in [-0.15, -0.1) is 11.3 Å². The molecule has 4 bridgehead atoms. The van der Waals surface area contributed by atoms with Gasteiger partial charge in [0.1, 0.15) is 10.6 Å². The first-order valence-corrected chi connectivity index (χ1v) is 12.5. The Kier molecular flexibility index (Phi) is 3.90. The van der Waals surface area contributed by atoms with Crippen LogP contribution in [-0.2, 0) is 24.7 Å². The fourth-order valence-corrected chi connectivity index (χ4v) is 9.28. The summed E-state index contributed by atoms with van der Waals surface area (Å²) in [5.74, 6) is 3.23. The zero-order chi connectivity index (χ0) is 19.0. The minimum absolute atomic E-state index is 0.0607. The van der Waals surface area contributed by atoms with Crippen LogP contribution in [0.2, 0.25) is 0 Å². The van der Waals surface area contributed by atoms with Crippen LogP contribution in [-0.4, -0.2) is 21.1 Å². The van der Waals surface area contributed by atoms with Gasteiger partial charge in [-0.3, -0.25) is 14.2 Å². The van der Waals surface area contributed by atoms with E-state index in [1.807, 2.05) is 7.05 Å². The van der Waals surface area contributed by atoms with Crippen molar-refractivity contribution in [2.24, 2.45) is 30.2 Å². The lowest BCUT2D eigenvalue weighted by Gasteiger charge is -2.56. The van der Waals surface area contributed by atoms with E-state index in [2.05, 4.69) is 0 Å². The number of hydrogen-bond donors (Lipinski definition) is 0. The molecule has 5 aliphatic rings. The van der Waals surface area contributed by atoms with Gasteiger partial charge in [0.2, 0.25) is 0 Å². The number of carbonyl (C=O) groups excluding carboxylic acids is 1. The molecule has 0 aliphatic heterocycles. The molecule has 148 valence electrons. The van der Waals surface area contributed by atoms with Crippen molar-refractivity contribution in [1.82, 2.24) is 9.55 Å². The van der Waals surface area contributed by atoms with Crippen LogP contribution in [0.1, 0.15) is 55.4 Å². The van der Waals surface area contributed by atoms with E-state index in [0.29, 0.717) is 16.7 Å². The van der Waals surface area contributed by atoms with E-state index >= 15 is 0 Å². The largest absolute Gasteiger partial charge is 0.298 e. The van der Waals surface area contributed by atoms with E-state index in [1.165, 1.54) is 41.5 Å². The molecule has 0 spiro atoms. The number of Topliss-reactive ketones (excluding diaryl/α,β-unsaturated/α-hetero) is 1. The summed E-state index contributed by atoms with van der Waals surface area (Å²) in [7, 11) is 1.81. The Bertz CT molecular complexity index is 1020. The van der Waals surface area contributed by atoms with Gasteiger partial charge in [0.15, 0.2) is 5.16 Å². The highest BCUT2D eigenvalue weighted by atomic mass is 32.2. The molecule has 0 atom stereocenters. The van der Waals surface area contributed by atoms with E-state index in [-0.39, 0.29) is 11.0 Å². The molecule has 0 amide bonds. The maximum atomic E-state index is 13.3. The molecule has 0 aromatic carbocycles. The molecule has 2 aromatic rings. The normalized spacial score (nSPS) is 33.0. The number of thioether (sulfide) groups is 1. The van der Waals surface area contributed by atoms with Crippen LogP contribution in [0.5, 0.6) is 0 Å². The van der Waals surface area contributed by atoms with Gasteiger partial charge in [-0.2, -0.15) is 0 Å². The molecule has 0 radical (unpaired) electrons. The zero-order valence-electron chi connectivity index (χ0n) is 16.3. The number of rotatable bonds is 4. The monoisotopic (exact) mass is 414 g/mol. The lowest BCUT2D eigenvalue weighted by Crippen LogP contribution is -2.50. The quantitative estimate of drug-likeness (QED) is 0.551. The van der Waals surface area contributed by atoms with Crippen molar-refractivity contribution in [3.8, 4) is 0 Å². The number of hydrogen-bond acceptors (Lipinski definition) is 5. The summed E-state index contributed by atoms with van der Waals surface area (Å²) >= 11 is 3.17. The second-order valence-corrected chi connectivity index (χ2v) is 11.7. The van der Waals surface area contributed by atoms with Crippen molar-refractivity contribution in [3.05, 3.63) is 20.8 Å². The van der Waals surface area contributed by atoms with Gasteiger partial charge in [-0.1, -0.05) is 11.8 Å². The molecule has 7 rings (SSSR count). The average molecular weight is 415 g/mol. The van der Waals surface area contributed by atoms with Crippen LogP contribution in [0.15, 0.2) is 9.95 Å². The topological polar surface area (TPSA) is 52.0 Å². The highest BCUT2D eigenvalue weighted by Crippen LogP contribution is 2.60. The molecule has 6 heteroatoms. The first kappa shape index (κ1) is 17.7. The molecular formula is C22H26N2O2S2. The number of fused-ring (bicyclic) bond motifs is 3. The van der Waals surface area contributed by atoms with E-state index < -0.39 is 0 Å². The van der Waals surface area contributed by atoms with Crippen molar-refractivity contribution in [3.63, 3.8) is 0 Å². The van der Waals surface area contributed by atoms with Crippen molar-refractivity contribution >= 4 is 39.1 Å². The molecule has 5 aliphatic carbocycles. The summed E-state index contributed by atoms with van der Waals surface area (Å²) in [5, 5.41) is 1.53. The molecule has 4 fully saturated rings. The van der Waals surface area contributed by atoms with Crippen molar-refractivity contribution < 1.29 is 4.79 Å². The number of aromatic nitrogens is 2. The third-order valence-electron chi connectivity index (χ3n) is 7.87. The van der Waals surface area contributed by atoms with Crippen LogP contribution < -0.4 is 5.56 Å². The average Bonchev–Trinajstić information content (AvgIpc) is 3.22. The van der Waals surface area contributed by atoms with Gasteiger partial charge < -0.3 is 0 Å². The van der Waals surface area contributed by atoms with Crippen LogP contribution in [0.3, 0.4) is 0 Å².